The first-order chi connectivity index (χ1) is 18.8. The number of fused-ring (bicyclic) bond motifs is 3. The van der Waals surface area contributed by atoms with Crippen molar-refractivity contribution < 1.29 is 0 Å². The summed E-state index contributed by atoms with van der Waals surface area (Å²) in [5.74, 6) is 0.732. The van der Waals surface area contributed by atoms with E-state index < -0.39 is 0 Å². The van der Waals surface area contributed by atoms with E-state index in [1.54, 1.807) is 0 Å². The summed E-state index contributed by atoms with van der Waals surface area (Å²) in [4.78, 5) is 9.50. The van der Waals surface area contributed by atoms with E-state index in [1.807, 2.05) is 54.7 Å². The highest BCUT2D eigenvalue weighted by Crippen LogP contribution is 2.36. The zero-order valence-electron chi connectivity index (χ0n) is 20.5. The minimum absolute atomic E-state index is 0.662. The van der Waals surface area contributed by atoms with Crippen LogP contribution in [0.2, 0.25) is 0 Å². The van der Waals surface area contributed by atoms with E-state index in [-0.39, 0.29) is 0 Å². The van der Waals surface area contributed by atoms with E-state index in [0.29, 0.717) is 5.56 Å². The zero-order chi connectivity index (χ0) is 25.5. The van der Waals surface area contributed by atoms with Gasteiger partial charge in [-0.25, -0.2) is 9.97 Å². The molecule has 38 heavy (non-hydrogen) atoms. The molecule has 6 aromatic carbocycles. The van der Waals surface area contributed by atoms with E-state index in [4.69, 9.17) is 4.98 Å². The molecule has 1 heterocycles. The predicted octanol–water partition coefficient (Wildman–Crippen LogP) is 8.81. The molecule has 3 heteroatoms. The first-order valence-corrected chi connectivity index (χ1v) is 12.6. The first kappa shape index (κ1) is 21.9. The lowest BCUT2D eigenvalue weighted by atomic mass is 9.91. The summed E-state index contributed by atoms with van der Waals surface area (Å²) in [6.45, 7) is 0. The lowest BCUT2D eigenvalue weighted by Crippen LogP contribution is -1.91. The summed E-state index contributed by atoms with van der Waals surface area (Å²) in [6.07, 6.45) is 1.89. The summed E-state index contributed by atoms with van der Waals surface area (Å²) in [7, 11) is 0. The number of benzene rings is 6. The molecule has 0 unspecified atom stereocenters. The maximum atomic E-state index is 9.23. The topological polar surface area (TPSA) is 49.6 Å². The van der Waals surface area contributed by atoms with Gasteiger partial charge in [0.1, 0.15) is 0 Å². The molecule has 1 aromatic heterocycles. The minimum Gasteiger partial charge on any atom is -0.236 e. The normalized spacial score (nSPS) is 11.1. The maximum Gasteiger partial charge on any atom is 0.160 e. The largest absolute Gasteiger partial charge is 0.236 e. The van der Waals surface area contributed by atoms with Gasteiger partial charge in [-0.15, -0.1) is 0 Å². The van der Waals surface area contributed by atoms with E-state index in [1.165, 1.54) is 10.8 Å². The number of para-hydroxylation sites is 1. The number of nitriles is 1. The van der Waals surface area contributed by atoms with Crippen molar-refractivity contribution in [3.63, 3.8) is 0 Å². The first-order valence-electron chi connectivity index (χ1n) is 12.6. The van der Waals surface area contributed by atoms with Gasteiger partial charge in [-0.2, -0.15) is 5.26 Å². The monoisotopic (exact) mass is 483 g/mol. The molecule has 0 saturated heterocycles. The van der Waals surface area contributed by atoms with Crippen molar-refractivity contribution in [2.24, 2.45) is 0 Å². The van der Waals surface area contributed by atoms with Crippen LogP contribution in [0.5, 0.6) is 0 Å². The predicted molar refractivity (Wildman–Crippen MR) is 156 cm³/mol. The Morgan fingerprint density at radius 1 is 0.526 bits per heavy atom. The average molecular weight is 484 g/mol. The second-order valence-corrected chi connectivity index (χ2v) is 9.43. The van der Waals surface area contributed by atoms with Crippen molar-refractivity contribution in [1.82, 2.24) is 9.97 Å². The van der Waals surface area contributed by atoms with Crippen LogP contribution in [-0.2, 0) is 0 Å². The molecule has 0 aliphatic heterocycles. The standard InChI is InChI=1S/C35H21N3/c36-21-23-12-14-24(15-13-23)33-20-29(19-26-6-1-3-9-30(26)33)25-16-17-31-27(18-25)8-5-10-32(31)35-37-22-28-7-2-4-11-34(28)38-35/h1-20,22H. The third-order valence-electron chi connectivity index (χ3n) is 7.13. The van der Waals surface area contributed by atoms with Gasteiger partial charge in [-0.1, -0.05) is 84.9 Å². The summed E-state index contributed by atoms with van der Waals surface area (Å²) in [5.41, 5.74) is 7.18. The van der Waals surface area contributed by atoms with Gasteiger partial charge in [0.05, 0.1) is 17.1 Å². The number of hydrogen-bond acceptors (Lipinski definition) is 3. The summed E-state index contributed by atoms with van der Waals surface area (Å²) in [6, 6.07) is 43.9. The van der Waals surface area contributed by atoms with Crippen molar-refractivity contribution in [3.8, 4) is 39.7 Å². The average Bonchev–Trinajstić information content (AvgIpc) is 2.99. The van der Waals surface area contributed by atoms with Crippen LogP contribution in [-0.4, -0.2) is 9.97 Å². The fraction of sp³-hybridized carbons (Fsp3) is 0. The van der Waals surface area contributed by atoms with Gasteiger partial charge in [0.15, 0.2) is 5.82 Å². The van der Waals surface area contributed by atoms with E-state index in [9.17, 15) is 5.26 Å². The van der Waals surface area contributed by atoms with Gasteiger partial charge in [0.25, 0.3) is 0 Å². The molecule has 0 spiro atoms. The third-order valence-corrected chi connectivity index (χ3v) is 7.13. The molecule has 0 N–H and O–H groups in total. The Morgan fingerprint density at radius 3 is 2.05 bits per heavy atom. The molecule has 0 fully saturated rings. The lowest BCUT2D eigenvalue weighted by Gasteiger charge is -2.13. The van der Waals surface area contributed by atoms with E-state index >= 15 is 0 Å². The van der Waals surface area contributed by atoms with Gasteiger partial charge in [0.2, 0.25) is 0 Å². The van der Waals surface area contributed by atoms with Crippen LogP contribution in [0.15, 0.2) is 128 Å². The molecule has 0 aliphatic carbocycles. The number of rotatable bonds is 3. The minimum atomic E-state index is 0.662. The Balaban J connectivity index is 1.37. The van der Waals surface area contributed by atoms with Gasteiger partial charge in [-0.05, 0) is 80.2 Å². The zero-order valence-corrected chi connectivity index (χ0v) is 20.5. The smallest absolute Gasteiger partial charge is 0.160 e. The second kappa shape index (κ2) is 8.96. The highest BCUT2D eigenvalue weighted by atomic mass is 14.9. The van der Waals surface area contributed by atoms with E-state index in [0.717, 1.165) is 55.3 Å². The maximum absolute atomic E-state index is 9.23. The molecule has 7 aromatic rings. The van der Waals surface area contributed by atoms with Crippen LogP contribution >= 0.6 is 0 Å². The second-order valence-electron chi connectivity index (χ2n) is 9.43. The Hall–Kier alpha value is -5.33. The number of hydrogen-bond donors (Lipinski definition) is 0. The third kappa shape index (κ3) is 3.77. The van der Waals surface area contributed by atoms with Crippen molar-refractivity contribution >= 4 is 32.4 Å². The highest BCUT2D eigenvalue weighted by Gasteiger charge is 2.11. The highest BCUT2D eigenvalue weighted by molar-refractivity contribution is 6.02. The van der Waals surface area contributed by atoms with Gasteiger partial charge < -0.3 is 0 Å². The van der Waals surface area contributed by atoms with E-state index in [2.05, 4.69) is 83.8 Å². The molecule has 0 saturated carbocycles. The van der Waals surface area contributed by atoms with Crippen molar-refractivity contribution in [3.05, 3.63) is 133 Å². The molecule has 0 bridgehead atoms. The summed E-state index contributed by atoms with van der Waals surface area (Å²) in [5, 5.41) is 14.9. The molecular weight excluding hydrogens is 462 g/mol. The quantitative estimate of drug-likeness (QED) is 0.252. The molecule has 3 nitrogen and oxygen atoms in total. The fourth-order valence-corrected chi connectivity index (χ4v) is 5.20. The number of aromatic nitrogens is 2. The van der Waals surface area contributed by atoms with Crippen molar-refractivity contribution in [2.45, 2.75) is 0 Å². The van der Waals surface area contributed by atoms with Crippen molar-refractivity contribution in [2.75, 3.05) is 0 Å². The van der Waals surface area contributed by atoms with Crippen LogP contribution in [0.3, 0.4) is 0 Å². The Bertz CT molecular complexity index is 2030. The molecule has 176 valence electrons. The Kier molecular flexibility index (Phi) is 5.17. The van der Waals surface area contributed by atoms with Crippen LogP contribution < -0.4 is 0 Å². The Morgan fingerprint density at radius 2 is 1.21 bits per heavy atom. The lowest BCUT2D eigenvalue weighted by molar-refractivity contribution is 1.23. The summed E-state index contributed by atoms with van der Waals surface area (Å²) < 4.78 is 0. The molecule has 0 aliphatic rings. The van der Waals surface area contributed by atoms with Crippen LogP contribution in [0, 0.1) is 11.3 Å². The van der Waals surface area contributed by atoms with Crippen LogP contribution in [0.25, 0.3) is 66.1 Å². The van der Waals surface area contributed by atoms with Crippen LogP contribution in [0.1, 0.15) is 5.56 Å². The molecule has 7 rings (SSSR count). The van der Waals surface area contributed by atoms with Gasteiger partial charge in [-0.3, -0.25) is 0 Å². The molecule has 0 amide bonds. The molecule has 0 atom stereocenters. The molecular formula is C35H21N3. The van der Waals surface area contributed by atoms with Gasteiger partial charge in [0, 0.05) is 17.1 Å². The van der Waals surface area contributed by atoms with Crippen molar-refractivity contribution in [1.29, 1.82) is 5.26 Å². The summed E-state index contributed by atoms with van der Waals surface area (Å²) >= 11 is 0. The Labute approximate surface area is 220 Å². The van der Waals surface area contributed by atoms with Crippen LogP contribution in [0.4, 0.5) is 0 Å². The molecule has 0 radical (unpaired) electrons. The SMILES string of the molecule is N#Cc1ccc(-c2cc(-c3ccc4c(-c5ncc6ccccc6n5)cccc4c3)cc3ccccc23)cc1. The fourth-order valence-electron chi connectivity index (χ4n) is 5.20. The van der Waals surface area contributed by atoms with Gasteiger partial charge >= 0.3 is 0 Å². The number of nitrogens with zero attached hydrogens (tertiary/aromatic N) is 3.